The van der Waals surface area contributed by atoms with Crippen molar-refractivity contribution >= 4 is 15.9 Å². The van der Waals surface area contributed by atoms with Crippen molar-refractivity contribution in [1.29, 1.82) is 0 Å². The van der Waals surface area contributed by atoms with Gasteiger partial charge in [-0.15, -0.1) is 0 Å². The minimum Gasteiger partial charge on any atom is -0.497 e. The van der Waals surface area contributed by atoms with Gasteiger partial charge in [-0.1, -0.05) is 0 Å². The van der Waals surface area contributed by atoms with Crippen LogP contribution in [-0.4, -0.2) is 64.1 Å². The normalized spacial score (nSPS) is 20.4. The summed E-state index contributed by atoms with van der Waals surface area (Å²) in [6.07, 6.45) is -0.489. The van der Waals surface area contributed by atoms with E-state index in [1.807, 2.05) is 0 Å². The predicted molar refractivity (Wildman–Crippen MR) is 101 cm³/mol. The highest BCUT2D eigenvalue weighted by Crippen LogP contribution is 2.31. The van der Waals surface area contributed by atoms with Gasteiger partial charge in [0, 0.05) is 31.1 Å². The molecule has 1 heterocycles. The number of hydrogen-bond acceptors (Lipinski definition) is 7. The molecule has 2 rings (SSSR count). The summed E-state index contributed by atoms with van der Waals surface area (Å²) in [5, 5.41) is 0. The summed E-state index contributed by atoms with van der Waals surface area (Å²) in [5.41, 5.74) is 5.49. The molecule has 1 aromatic rings. The van der Waals surface area contributed by atoms with E-state index in [2.05, 4.69) is 0 Å². The fraction of sp³-hybridized carbons (Fsp3) is 0.611. The second kappa shape index (κ2) is 7.93. The Kier molecular flexibility index (Phi) is 6.26. The first-order valence-electron chi connectivity index (χ1n) is 8.65. The Morgan fingerprint density at radius 2 is 1.89 bits per heavy atom. The van der Waals surface area contributed by atoms with Crippen LogP contribution in [0.15, 0.2) is 23.1 Å². The van der Waals surface area contributed by atoms with Crippen LogP contribution in [0.5, 0.6) is 11.5 Å². The summed E-state index contributed by atoms with van der Waals surface area (Å²) >= 11 is 0. The molecule has 1 amide bonds. The number of sulfone groups is 1. The number of carbonyl (C=O) groups is 1. The van der Waals surface area contributed by atoms with E-state index in [9.17, 15) is 13.2 Å². The Bertz CT molecular complexity index is 788. The van der Waals surface area contributed by atoms with Crippen LogP contribution >= 0.6 is 0 Å². The summed E-state index contributed by atoms with van der Waals surface area (Å²) in [6, 6.07) is 4.15. The smallest absolute Gasteiger partial charge is 0.410 e. The van der Waals surface area contributed by atoms with Gasteiger partial charge < -0.3 is 24.8 Å². The highest BCUT2D eigenvalue weighted by atomic mass is 32.2. The predicted octanol–water partition coefficient (Wildman–Crippen LogP) is 1.67. The van der Waals surface area contributed by atoms with Gasteiger partial charge in [-0.05, 0) is 32.9 Å². The van der Waals surface area contributed by atoms with Gasteiger partial charge in [0.1, 0.15) is 22.0 Å². The van der Waals surface area contributed by atoms with Gasteiger partial charge >= 0.3 is 6.09 Å². The number of ether oxygens (including phenoxy) is 3. The largest absolute Gasteiger partial charge is 0.497 e. The van der Waals surface area contributed by atoms with Crippen LogP contribution < -0.4 is 15.2 Å². The van der Waals surface area contributed by atoms with Crippen LogP contribution in [0.4, 0.5) is 4.79 Å². The Morgan fingerprint density at radius 3 is 2.44 bits per heavy atom. The fourth-order valence-corrected chi connectivity index (χ4v) is 4.80. The third-order valence-corrected chi connectivity index (χ3v) is 6.14. The van der Waals surface area contributed by atoms with Gasteiger partial charge in [-0.3, -0.25) is 0 Å². The first-order valence-corrected chi connectivity index (χ1v) is 10.3. The second-order valence-corrected chi connectivity index (χ2v) is 9.61. The molecule has 1 fully saturated rings. The highest BCUT2D eigenvalue weighted by molar-refractivity contribution is 7.91. The number of nitrogens with two attached hydrogens (primary N) is 1. The van der Waals surface area contributed by atoms with Crippen molar-refractivity contribution in [2.45, 2.75) is 37.3 Å². The Morgan fingerprint density at radius 1 is 1.22 bits per heavy atom. The van der Waals surface area contributed by atoms with Gasteiger partial charge in [0.05, 0.1) is 20.0 Å². The van der Waals surface area contributed by atoms with Crippen LogP contribution in [0, 0.1) is 5.92 Å². The van der Waals surface area contributed by atoms with Crippen LogP contribution in [0.2, 0.25) is 0 Å². The quantitative estimate of drug-likeness (QED) is 0.801. The van der Waals surface area contributed by atoms with E-state index in [1.165, 1.54) is 25.2 Å². The Balaban J connectivity index is 2.17. The van der Waals surface area contributed by atoms with E-state index >= 15 is 0 Å². The van der Waals surface area contributed by atoms with Crippen molar-refractivity contribution in [3.8, 4) is 11.5 Å². The molecule has 1 aromatic carbocycles. The maximum absolute atomic E-state index is 13.0. The van der Waals surface area contributed by atoms with E-state index in [-0.39, 0.29) is 29.5 Å². The van der Waals surface area contributed by atoms with Crippen LogP contribution in [-0.2, 0) is 14.6 Å². The van der Waals surface area contributed by atoms with Gasteiger partial charge in [0.2, 0.25) is 0 Å². The number of methoxy groups -OCH3 is 2. The third kappa shape index (κ3) is 5.26. The molecule has 8 nitrogen and oxygen atoms in total. The average molecular weight is 400 g/mol. The minimum atomic E-state index is -3.70. The number of hydrogen-bond donors (Lipinski definition) is 1. The summed E-state index contributed by atoms with van der Waals surface area (Å²) in [5.74, 6) is 0.0575. The zero-order valence-corrected chi connectivity index (χ0v) is 17.2. The summed E-state index contributed by atoms with van der Waals surface area (Å²) < 4.78 is 41.6. The molecular weight excluding hydrogens is 372 g/mol. The highest BCUT2D eigenvalue weighted by Gasteiger charge is 2.38. The molecule has 0 unspecified atom stereocenters. The molecule has 0 aliphatic carbocycles. The number of amides is 1. The molecule has 2 N–H and O–H groups in total. The van der Waals surface area contributed by atoms with Crippen LogP contribution in [0.3, 0.4) is 0 Å². The maximum atomic E-state index is 13.0. The van der Waals surface area contributed by atoms with Crippen molar-refractivity contribution in [1.82, 2.24) is 4.90 Å². The van der Waals surface area contributed by atoms with Gasteiger partial charge in [0.25, 0.3) is 0 Å². The standard InChI is InChI=1S/C18H28N2O6S/c1-18(2,3)26-17(21)20-9-12(14(19)10-20)11-27(22,23)16-8-13(24-4)6-7-15(16)25-5/h6-8,12,14H,9-11,19H2,1-5H3/t12-,14+/m0/s1. The summed E-state index contributed by atoms with van der Waals surface area (Å²) in [6.45, 7) is 5.81. The molecule has 152 valence electrons. The molecular formula is C18H28N2O6S. The van der Waals surface area contributed by atoms with Crippen molar-refractivity contribution in [3.05, 3.63) is 18.2 Å². The lowest BCUT2D eigenvalue weighted by atomic mass is 10.1. The molecule has 0 radical (unpaired) electrons. The molecule has 2 atom stereocenters. The molecule has 0 bridgehead atoms. The third-order valence-electron chi connectivity index (χ3n) is 4.28. The van der Waals surface area contributed by atoms with E-state index < -0.39 is 33.5 Å². The molecule has 27 heavy (non-hydrogen) atoms. The average Bonchev–Trinajstić information content (AvgIpc) is 2.93. The maximum Gasteiger partial charge on any atom is 0.410 e. The first-order chi connectivity index (χ1) is 12.5. The van der Waals surface area contributed by atoms with Crippen molar-refractivity contribution < 1.29 is 27.4 Å². The van der Waals surface area contributed by atoms with E-state index in [0.29, 0.717) is 5.75 Å². The zero-order valence-electron chi connectivity index (χ0n) is 16.4. The zero-order chi connectivity index (χ0) is 20.4. The molecule has 1 aliphatic heterocycles. The molecule has 0 saturated carbocycles. The lowest BCUT2D eigenvalue weighted by molar-refractivity contribution is 0.0288. The fourth-order valence-electron chi connectivity index (χ4n) is 2.95. The molecule has 1 saturated heterocycles. The number of nitrogens with zero attached hydrogens (tertiary/aromatic N) is 1. The number of benzene rings is 1. The van der Waals surface area contributed by atoms with E-state index in [4.69, 9.17) is 19.9 Å². The van der Waals surface area contributed by atoms with Crippen molar-refractivity contribution in [2.75, 3.05) is 33.1 Å². The SMILES string of the molecule is COc1ccc(OC)c(S(=O)(=O)C[C@@H]2CN(C(=O)OC(C)(C)C)C[C@H]2N)c1. The van der Waals surface area contributed by atoms with E-state index in [1.54, 1.807) is 32.9 Å². The van der Waals surface area contributed by atoms with Gasteiger partial charge in [-0.25, -0.2) is 13.2 Å². The topological polar surface area (TPSA) is 108 Å². The number of carbonyl (C=O) groups excluding carboxylic acids is 1. The van der Waals surface area contributed by atoms with Gasteiger partial charge in [-0.2, -0.15) is 0 Å². The monoisotopic (exact) mass is 400 g/mol. The molecule has 1 aliphatic rings. The lowest BCUT2D eigenvalue weighted by Crippen LogP contribution is -2.36. The van der Waals surface area contributed by atoms with Crippen molar-refractivity contribution in [2.24, 2.45) is 11.7 Å². The second-order valence-electron chi connectivity index (χ2n) is 7.61. The Hall–Kier alpha value is -2.00. The van der Waals surface area contributed by atoms with Gasteiger partial charge in [0.15, 0.2) is 9.84 Å². The number of likely N-dealkylation sites (tertiary alicyclic amines) is 1. The molecule has 0 aromatic heterocycles. The number of rotatable bonds is 5. The lowest BCUT2D eigenvalue weighted by Gasteiger charge is -2.24. The molecule has 9 heteroatoms. The first kappa shape index (κ1) is 21.3. The Labute approximate surface area is 160 Å². The van der Waals surface area contributed by atoms with E-state index in [0.717, 1.165) is 0 Å². The molecule has 0 spiro atoms. The van der Waals surface area contributed by atoms with Crippen LogP contribution in [0.1, 0.15) is 20.8 Å². The van der Waals surface area contributed by atoms with Crippen LogP contribution in [0.25, 0.3) is 0 Å². The summed E-state index contributed by atoms with van der Waals surface area (Å²) in [7, 11) is -0.829. The van der Waals surface area contributed by atoms with Crippen molar-refractivity contribution in [3.63, 3.8) is 0 Å². The summed E-state index contributed by atoms with van der Waals surface area (Å²) in [4.78, 5) is 13.7. The minimum absolute atomic E-state index is 0.0484.